The van der Waals surface area contributed by atoms with Crippen molar-refractivity contribution in [3.05, 3.63) is 58.7 Å². The Morgan fingerprint density at radius 2 is 1.58 bits per heavy atom. The molecule has 2 aromatic rings. The molecule has 0 radical (unpaired) electrons. The number of benzene rings is 2. The molecule has 1 saturated heterocycles. The van der Waals surface area contributed by atoms with Crippen LogP contribution in [0.3, 0.4) is 0 Å². The van der Waals surface area contributed by atoms with E-state index in [-0.39, 0.29) is 12.5 Å². The highest BCUT2D eigenvalue weighted by Crippen LogP contribution is 2.32. The molecule has 1 aliphatic rings. The molecular weight excluding hydrogens is 455 g/mol. The van der Waals surface area contributed by atoms with E-state index >= 15 is 0 Å². The molecule has 2 aromatic carbocycles. The molecule has 1 fully saturated rings. The Hall–Kier alpha value is -2.75. The number of amides is 1. The van der Waals surface area contributed by atoms with E-state index in [1.165, 1.54) is 6.07 Å². The standard InChI is InChI=1S/C23H28F3N3O3S/c1-16-12-17(2)22(18(3)13-16)29(33(4,31)32)15-21(30)28-10-8-27(9-11-28)20-7-5-6-19(14-20)23(24,25)26/h5-7,12-14H,8-11,15H2,1-4H3. The van der Waals surface area contributed by atoms with Crippen LogP contribution in [-0.2, 0) is 21.0 Å². The molecule has 0 atom stereocenters. The maximum Gasteiger partial charge on any atom is 0.416 e. The van der Waals surface area contributed by atoms with E-state index in [1.807, 2.05) is 32.9 Å². The van der Waals surface area contributed by atoms with E-state index in [0.717, 1.165) is 39.4 Å². The minimum atomic E-state index is -4.42. The van der Waals surface area contributed by atoms with E-state index in [2.05, 4.69) is 0 Å². The molecule has 1 aliphatic heterocycles. The summed E-state index contributed by atoms with van der Waals surface area (Å²) >= 11 is 0. The number of sulfonamides is 1. The summed E-state index contributed by atoms with van der Waals surface area (Å²) < 4.78 is 65.3. The number of piperazine rings is 1. The van der Waals surface area contributed by atoms with Crippen molar-refractivity contribution in [2.75, 3.05) is 48.2 Å². The number of hydrogen-bond acceptors (Lipinski definition) is 4. The second kappa shape index (κ2) is 9.24. The maximum absolute atomic E-state index is 13.0. The fraction of sp³-hybridized carbons (Fsp3) is 0.435. The zero-order valence-electron chi connectivity index (χ0n) is 19.1. The van der Waals surface area contributed by atoms with Gasteiger partial charge < -0.3 is 9.80 Å². The van der Waals surface area contributed by atoms with Crippen molar-refractivity contribution in [3.63, 3.8) is 0 Å². The molecule has 0 spiro atoms. The average Bonchev–Trinajstić information content (AvgIpc) is 2.71. The highest BCUT2D eigenvalue weighted by atomic mass is 32.2. The first-order valence-electron chi connectivity index (χ1n) is 10.5. The molecule has 0 N–H and O–H groups in total. The van der Waals surface area contributed by atoms with E-state index < -0.39 is 21.8 Å². The van der Waals surface area contributed by atoms with Gasteiger partial charge in [0.15, 0.2) is 0 Å². The number of alkyl halides is 3. The smallest absolute Gasteiger partial charge is 0.368 e. The van der Waals surface area contributed by atoms with Crippen LogP contribution in [0.4, 0.5) is 24.5 Å². The van der Waals surface area contributed by atoms with Gasteiger partial charge >= 0.3 is 6.18 Å². The van der Waals surface area contributed by atoms with E-state index in [4.69, 9.17) is 0 Å². The van der Waals surface area contributed by atoms with E-state index in [1.54, 1.807) is 15.9 Å². The largest absolute Gasteiger partial charge is 0.416 e. The molecule has 33 heavy (non-hydrogen) atoms. The zero-order valence-corrected chi connectivity index (χ0v) is 19.9. The summed E-state index contributed by atoms with van der Waals surface area (Å²) in [4.78, 5) is 16.3. The summed E-state index contributed by atoms with van der Waals surface area (Å²) in [6.45, 7) is 6.51. The molecule has 1 amide bonds. The molecule has 0 aliphatic carbocycles. The summed E-state index contributed by atoms with van der Waals surface area (Å²) in [7, 11) is -3.71. The summed E-state index contributed by atoms with van der Waals surface area (Å²) in [5.41, 5.74) is 2.75. The van der Waals surface area contributed by atoms with Gasteiger partial charge in [-0.3, -0.25) is 9.10 Å². The van der Waals surface area contributed by atoms with Crippen LogP contribution in [0.25, 0.3) is 0 Å². The lowest BCUT2D eigenvalue weighted by Crippen LogP contribution is -2.52. The van der Waals surface area contributed by atoms with Gasteiger partial charge in [-0.2, -0.15) is 13.2 Å². The van der Waals surface area contributed by atoms with Gasteiger partial charge in [-0.15, -0.1) is 0 Å². The molecule has 6 nitrogen and oxygen atoms in total. The first-order valence-corrected chi connectivity index (χ1v) is 12.4. The first kappa shape index (κ1) is 24.9. The lowest BCUT2D eigenvalue weighted by atomic mass is 10.1. The number of carbonyl (C=O) groups is 1. The van der Waals surface area contributed by atoms with Gasteiger partial charge in [0.2, 0.25) is 15.9 Å². The van der Waals surface area contributed by atoms with Gasteiger partial charge in [-0.05, 0) is 50.1 Å². The second-order valence-corrected chi connectivity index (χ2v) is 10.3. The lowest BCUT2D eigenvalue weighted by molar-refractivity contribution is -0.137. The lowest BCUT2D eigenvalue weighted by Gasteiger charge is -2.37. The number of aryl methyl sites for hydroxylation is 3. The highest BCUT2D eigenvalue weighted by molar-refractivity contribution is 7.92. The zero-order chi connectivity index (χ0) is 24.6. The van der Waals surface area contributed by atoms with Crippen molar-refractivity contribution < 1.29 is 26.4 Å². The van der Waals surface area contributed by atoms with Crippen molar-refractivity contribution in [2.45, 2.75) is 26.9 Å². The average molecular weight is 484 g/mol. The Morgan fingerprint density at radius 1 is 1.00 bits per heavy atom. The van der Waals surface area contributed by atoms with Gasteiger partial charge in [0.1, 0.15) is 6.54 Å². The Balaban J connectivity index is 1.73. The normalized spacial score (nSPS) is 15.0. The third-order valence-corrected chi connectivity index (χ3v) is 6.85. The molecule has 0 unspecified atom stereocenters. The number of rotatable bonds is 5. The molecule has 1 heterocycles. The third kappa shape index (κ3) is 5.79. The Bertz CT molecular complexity index is 1120. The van der Waals surface area contributed by atoms with Crippen LogP contribution in [0.2, 0.25) is 0 Å². The quantitative estimate of drug-likeness (QED) is 0.650. The second-order valence-electron chi connectivity index (χ2n) is 8.43. The third-order valence-electron chi connectivity index (χ3n) is 5.74. The van der Waals surface area contributed by atoms with Gasteiger partial charge in [-0.1, -0.05) is 23.8 Å². The van der Waals surface area contributed by atoms with Crippen LogP contribution >= 0.6 is 0 Å². The topological polar surface area (TPSA) is 60.9 Å². The summed E-state index contributed by atoms with van der Waals surface area (Å²) in [6, 6.07) is 8.86. The fourth-order valence-electron chi connectivity index (χ4n) is 4.24. The molecular formula is C23H28F3N3O3S. The minimum Gasteiger partial charge on any atom is -0.368 e. The maximum atomic E-state index is 13.0. The Labute approximate surface area is 192 Å². The molecule has 10 heteroatoms. The van der Waals surface area contributed by atoms with Crippen LogP contribution < -0.4 is 9.21 Å². The van der Waals surface area contributed by atoms with Crippen molar-refractivity contribution in [1.29, 1.82) is 0 Å². The van der Waals surface area contributed by atoms with Crippen molar-refractivity contribution >= 4 is 27.3 Å². The summed E-state index contributed by atoms with van der Waals surface area (Å²) in [5, 5.41) is 0. The molecule has 0 saturated carbocycles. The number of carbonyl (C=O) groups excluding carboxylic acids is 1. The SMILES string of the molecule is Cc1cc(C)c(N(CC(=O)N2CCN(c3cccc(C(F)(F)F)c3)CC2)S(C)(=O)=O)c(C)c1. The minimum absolute atomic E-state index is 0.290. The van der Waals surface area contributed by atoms with Crippen LogP contribution in [0.15, 0.2) is 36.4 Å². The predicted molar refractivity (Wildman–Crippen MR) is 123 cm³/mol. The Morgan fingerprint density at radius 3 is 2.09 bits per heavy atom. The molecule has 3 rings (SSSR count). The fourth-order valence-corrected chi connectivity index (χ4v) is 5.21. The molecule has 0 aromatic heterocycles. The van der Waals surface area contributed by atoms with Gasteiger partial charge in [-0.25, -0.2) is 8.42 Å². The first-order chi connectivity index (χ1) is 15.3. The number of anilines is 2. The summed E-state index contributed by atoms with van der Waals surface area (Å²) in [6.07, 6.45) is -3.35. The summed E-state index contributed by atoms with van der Waals surface area (Å²) in [5.74, 6) is -0.344. The van der Waals surface area contributed by atoms with Crippen LogP contribution in [0.1, 0.15) is 22.3 Å². The highest BCUT2D eigenvalue weighted by Gasteiger charge is 2.32. The van der Waals surface area contributed by atoms with Crippen molar-refractivity contribution in [2.24, 2.45) is 0 Å². The van der Waals surface area contributed by atoms with Crippen LogP contribution in [-0.4, -0.2) is 58.2 Å². The van der Waals surface area contributed by atoms with Gasteiger partial charge in [0, 0.05) is 31.9 Å². The van der Waals surface area contributed by atoms with Crippen molar-refractivity contribution in [3.8, 4) is 0 Å². The van der Waals surface area contributed by atoms with Crippen molar-refractivity contribution in [1.82, 2.24) is 4.90 Å². The molecule has 180 valence electrons. The number of halogens is 3. The monoisotopic (exact) mass is 483 g/mol. The van der Waals surface area contributed by atoms with E-state index in [0.29, 0.717) is 37.6 Å². The Kier molecular flexibility index (Phi) is 6.97. The molecule has 0 bridgehead atoms. The predicted octanol–water partition coefficient (Wildman–Crippen LogP) is 3.75. The van der Waals surface area contributed by atoms with Gasteiger partial charge in [0.25, 0.3) is 0 Å². The number of nitrogens with zero attached hydrogens (tertiary/aromatic N) is 3. The van der Waals surface area contributed by atoms with Gasteiger partial charge in [0.05, 0.1) is 17.5 Å². The van der Waals surface area contributed by atoms with E-state index in [9.17, 15) is 26.4 Å². The number of hydrogen-bond donors (Lipinski definition) is 0. The van der Waals surface area contributed by atoms with Crippen LogP contribution in [0, 0.1) is 20.8 Å². The van der Waals surface area contributed by atoms with Crippen LogP contribution in [0.5, 0.6) is 0 Å².